The van der Waals surface area contributed by atoms with Gasteiger partial charge in [0.2, 0.25) is 0 Å². The van der Waals surface area contributed by atoms with Crippen LogP contribution in [0.5, 0.6) is 0 Å². The van der Waals surface area contributed by atoms with E-state index in [4.69, 9.17) is 4.74 Å². The van der Waals surface area contributed by atoms with Gasteiger partial charge < -0.3 is 10.1 Å². The first-order chi connectivity index (χ1) is 6.68. The predicted molar refractivity (Wildman–Crippen MR) is 59.6 cm³/mol. The molecule has 0 amide bonds. The van der Waals surface area contributed by atoms with Gasteiger partial charge in [-0.25, -0.2) is 0 Å². The molecule has 2 unspecified atom stereocenters. The fourth-order valence-electron chi connectivity index (χ4n) is 1.99. The summed E-state index contributed by atoms with van der Waals surface area (Å²) >= 11 is 1.84. The average molecular weight is 217 g/mol. The summed E-state index contributed by atoms with van der Waals surface area (Å²) in [5.74, 6) is -0.0842. The molecule has 0 saturated heterocycles. The molecule has 0 aromatic carbocycles. The van der Waals surface area contributed by atoms with Crippen molar-refractivity contribution in [3.05, 3.63) is 0 Å². The summed E-state index contributed by atoms with van der Waals surface area (Å²) in [6.45, 7) is 2.31. The zero-order valence-corrected chi connectivity index (χ0v) is 9.95. The number of nitrogens with one attached hydrogen (secondary N) is 1. The van der Waals surface area contributed by atoms with E-state index in [2.05, 4.69) is 11.6 Å². The van der Waals surface area contributed by atoms with E-state index < -0.39 is 5.54 Å². The van der Waals surface area contributed by atoms with Crippen LogP contribution < -0.4 is 5.32 Å². The van der Waals surface area contributed by atoms with Crippen molar-refractivity contribution in [2.45, 2.75) is 37.0 Å². The molecule has 1 saturated carbocycles. The van der Waals surface area contributed by atoms with Crippen LogP contribution in [0.15, 0.2) is 0 Å². The Morgan fingerprint density at radius 1 is 1.71 bits per heavy atom. The van der Waals surface area contributed by atoms with Gasteiger partial charge in [-0.1, -0.05) is 0 Å². The molecule has 0 bridgehead atoms. The number of likely N-dealkylation sites (N-methyl/N-ethyl adjacent to an activating group) is 1. The third kappa shape index (κ3) is 2.23. The molecule has 4 heteroatoms. The van der Waals surface area contributed by atoms with Gasteiger partial charge >= 0.3 is 5.97 Å². The van der Waals surface area contributed by atoms with Crippen LogP contribution in [-0.2, 0) is 9.53 Å². The fourth-order valence-corrected chi connectivity index (χ4v) is 2.79. The molecule has 0 spiro atoms. The molecule has 0 aromatic heterocycles. The van der Waals surface area contributed by atoms with Gasteiger partial charge in [-0.3, -0.25) is 4.79 Å². The number of ether oxygens (including phenoxy) is 1. The van der Waals surface area contributed by atoms with E-state index >= 15 is 0 Å². The molecule has 14 heavy (non-hydrogen) atoms. The van der Waals surface area contributed by atoms with E-state index in [0.717, 1.165) is 19.3 Å². The van der Waals surface area contributed by atoms with Gasteiger partial charge in [0.05, 0.1) is 6.61 Å². The van der Waals surface area contributed by atoms with Crippen molar-refractivity contribution in [3.63, 3.8) is 0 Å². The van der Waals surface area contributed by atoms with E-state index in [1.165, 1.54) is 0 Å². The van der Waals surface area contributed by atoms with Crippen LogP contribution in [0.1, 0.15) is 26.2 Å². The van der Waals surface area contributed by atoms with Crippen molar-refractivity contribution in [1.82, 2.24) is 5.32 Å². The molecule has 0 aromatic rings. The van der Waals surface area contributed by atoms with Crippen molar-refractivity contribution in [2.24, 2.45) is 0 Å². The molecule has 1 aliphatic rings. The van der Waals surface area contributed by atoms with Crippen molar-refractivity contribution in [1.29, 1.82) is 0 Å². The fraction of sp³-hybridized carbons (Fsp3) is 0.900. The summed E-state index contributed by atoms with van der Waals surface area (Å²) in [5.41, 5.74) is -0.413. The van der Waals surface area contributed by atoms with E-state index in [9.17, 15) is 4.79 Å². The lowest BCUT2D eigenvalue weighted by Gasteiger charge is -2.26. The Morgan fingerprint density at radius 2 is 2.43 bits per heavy atom. The van der Waals surface area contributed by atoms with E-state index in [0.29, 0.717) is 11.9 Å². The zero-order chi connectivity index (χ0) is 10.6. The standard InChI is InChI=1S/C10H19NO2S/c1-4-13-9(12)10(11-2)6-5-8(7-10)14-3/h8,11H,4-7H2,1-3H3. The highest BCUT2D eigenvalue weighted by Crippen LogP contribution is 2.36. The highest BCUT2D eigenvalue weighted by molar-refractivity contribution is 7.99. The Balaban J connectivity index is 2.64. The Labute approximate surface area is 90.0 Å². The van der Waals surface area contributed by atoms with E-state index in [1.54, 1.807) is 0 Å². The smallest absolute Gasteiger partial charge is 0.326 e. The van der Waals surface area contributed by atoms with Gasteiger partial charge in [-0.15, -0.1) is 0 Å². The SMILES string of the molecule is CCOC(=O)C1(NC)CCC(SC)C1. The topological polar surface area (TPSA) is 38.3 Å². The lowest BCUT2D eigenvalue weighted by atomic mass is 9.98. The molecule has 0 heterocycles. The molecule has 82 valence electrons. The normalized spacial score (nSPS) is 31.8. The van der Waals surface area contributed by atoms with Crippen molar-refractivity contribution in [2.75, 3.05) is 19.9 Å². The van der Waals surface area contributed by atoms with Crippen LogP contribution in [0, 0.1) is 0 Å². The molecular formula is C10H19NO2S. The summed E-state index contributed by atoms with van der Waals surface area (Å²) in [6, 6.07) is 0. The largest absolute Gasteiger partial charge is 0.465 e. The molecule has 0 radical (unpaired) electrons. The second-order valence-electron chi connectivity index (χ2n) is 3.65. The first-order valence-electron chi connectivity index (χ1n) is 5.07. The minimum absolute atomic E-state index is 0.0842. The highest BCUT2D eigenvalue weighted by Gasteiger charge is 2.45. The maximum absolute atomic E-state index is 11.8. The molecular weight excluding hydrogens is 198 g/mol. The number of carbonyl (C=O) groups is 1. The summed E-state index contributed by atoms with van der Waals surface area (Å²) in [5, 5.41) is 3.73. The van der Waals surface area contributed by atoms with Gasteiger partial charge in [0, 0.05) is 5.25 Å². The maximum Gasteiger partial charge on any atom is 0.326 e. The lowest BCUT2D eigenvalue weighted by molar-refractivity contribution is -0.150. The van der Waals surface area contributed by atoms with Crippen LogP contribution >= 0.6 is 11.8 Å². The van der Waals surface area contributed by atoms with Gasteiger partial charge in [-0.05, 0) is 39.5 Å². The third-order valence-corrected chi connectivity index (χ3v) is 4.02. The quantitative estimate of drug-likeness (QED) is 0.723. The summed E-state index contributed by atoms with van der Waals surface area (Å²) in [7, 11) is 1.85. The predicted octanol–water partition coefficient (Wildman–Crippen LogP) is 1.42. The maximum atomic E-state index is 11.8. The third-order valence-electron chi connectivity index (χ3n) is 2.95. The number of hydrogen-bond acceptors (Lipinski definition) is 4. The minimum Gasteiger partial charge on any atom is -0.465 e. The highest BCUT2D eigenvalue weighted by atomic mass is 32.2. The number of esters is 1. The van der Waals surface area contributed by atoms with Crippen LogP contribution in [-0.4, -0.2) is 36.7 Å². The molecule has 1 rings (SSSR count). The Kier molecular flexibility index (Phi) is 4.26. The van der Waals surface area contributed by atoms with Gasteiger partial charge in [0.25, 0.3) is 0 Å². The van der Waals surface area contributed by atoms with Crippen LogP contribution in [0.4, 0.5) is 0 Å². The van der Waals surface area contributed by atoms with Gasteiger partial charge in [0.15, 0.2) is 0 Å². The number of rotatable bonds is 4. The average Bonchev–Trinajstić information content (AvgIpc) is 2.63. The second kappa shape index (κ2) is 5.03. The minimum atomic E-state index is -0.413. The molecule has 3 nitrogen and oxygen atoms in total. The molecule has 1 N–H and O–H groups in total. The molecule has 1 fully saturated rings. The molecule has 1 aliphatic carbocycles. The van der Waals surface area contributed by atoms with E-state index in [-0.39, 0.29) is 5.97 Å². The van der Waals surface area contributed by atoms with Crippen LogP contribution in [0.2, 0.25) is 0 Å². The second-order valence-corrected chi connectivity index (χ2v) is 4.79. The Hall–Kier alpha value is -0.220. The van der Waals surface area contributed by atoms with Crippen LogP contribution in [0.3, 0.4) is 0 Å². The monoisotopic (exact) mass is 217 g/mol. The summed E-state index contributed by atoms with van der Waals surface area (Å²) in [4.78, 5) is 11.8. The Morgan fingerprint density at radius 3 is 2.86 bits per heavy atom. The summed E-state index contributed by atoms with van der Waals surface area (Å²) < 4.78 is 5.10. The van der Waals surface area contributed by atoms with Crippen molar-refractivity contribution >= 4 is 17.7 Å². The molecule has 0 aliphatic heterocycles. The first kappa shape index (κ1) is 11.9. The number of hydrogen-bond donors (Lipinski definition) is 1. The first-order valence-corrected chi connectivity index (χ1v) is 6.36. The van der Waals surface area contributed by atoms with E-state index in [1.807, 2.05) is 25.7 Å². The Bertz CT molecular complexity index is 210. The zero-order valence-electron chi connectivity index (χ0n) is 9.13. The van der Waals surface area contributed by atoms with Crippen molar-refractivity contribution < 1.29 is 9.53 Å². The van der Waals surface area contributed by atoms with Crippen LogP contribution in [0.25, 0.3) is 0 Å². The van der Waals surface area contributed by atoms with Gasteiger partial charge in [-0.2, -0.15) is 11.8 Å². The molecule has 2 atom stereocenters. The number of carbonyl (C=O) groups excluding carboxylic acids is 1. The van der Waals surface area contributed by atoms with Crippen molar-refractivity contribution in [3.8, 4) is 0 Å². The lowest BCUT2D eigenvalue weighted by Crippen LogP contribution is -2.49. The van der Waals surface area contributed by atoms with Gasteiger partial charge in [0.1, 0.15) is 5.54 Å². The number of thioether (sulfide) groups is 1. The summed E-state index contributed by atoms with van der Waals surface area (Å²) in [6.07, 6.45) is 4.99.